The van der Waals surface area contributed by atoms with Crippen LogP contribution in [0.25, 0.3) is 0 Å². The summed E-state index contributed by atoms with van der Waals surface area (Å²) >= 11 is 0. The van der Waals surface area contributed by atoms with Gasteiger partial charge in [-0.1, -0.05) is 0 Å². The molecule has 0 spiro atoms. The zero-order chi connectivity index (χ0) is 16.6. The highest BCUT2D eigenvalue weighted by Crippen LogP contribution is 2.30. The molecule has 1 atom stereocenters. The molecular formula is C9H7F6NO4S. The van der Waals surface area contributed by atoms with Gasteiger partial charge in [-0.15, -0.1) is 0 Å². The molecule has 1 aromatic heterocycles. The quantitative estimate of drug-likeness (QED) is 0.481. The molecule has 0 radical (unpaired) electrons. The first-order valence-electron chi connectivity index (χ1n) is 5.05. The third kappa shape index (κ3) is 3.89. The van der Waals surface area contributed by atoms with Crippen LogP contribution in [0.4, 0.5) is 26.3 Å². The lowest BCUT2D eigenvalue weighted by Crippen LogP contribution is -2.32. The monoisotopic (exact) mass is 339 g/mol. The van der Waals surface area contributed by atoms with Crippen molar-refractivity contribution in [3.63, 3.8) is 0 Å². The summed E-state index contributed by atoms with van der Waals surface area (Å²) < 4.78 is 98.5. The standard InChI is InChI=1S/C9H7F6NO4S/c1-5(8(10,11)12)16-3-2-6(4-7(16)17)20-21(18,19)9(13,14)15/h2-5H,1H3. The summed E-state index contributed by atoms with van der Waals surface area (Å²) in [6.07, 6.45) is -4.27. The molecular weight excluding hydrogens is 332 g/mol. The highest BCUT2D eigenvalue weighted by atomic mass is 32.2. The summed E-state index contributed by atoms with van der Waals surface area (Å²) in [5.74, 6) is -1.04. The lowest BCUT2D eigenvalue weighted by molar-refractivity contribution is -0.163. The Morgan fingerprint density at radius 1 is 1.19 bits per heavy atom. The number of halogens is 6. The highest BCUT2D eigenvalue weighted by molar-refractivity contribution is 7.87. The fraction of sp³-hybridized carbons (Fsp3) is 0.444. The SMILES string of the molecule is CC(n1ccc(OS(=O)(=O)C(F)(F)F)cc1=O)C(F)(F)F. The number of alkyl halides is 6. The Morgan fingerprint density at radius 3 is 2.10 bits per heavy atom. The Morgan fingerprint density at radius 2 is 1.71 bits per heavy atom. The number of aromatic nitrogens is 1. The maximum Gasteiger partial charge on any atom is 0.534 e. The van der Waals surface area contributed by atoms with Gasteiger partial charge in [0.2, 0.25) is 0 Å². The normalized spacial score (nSPS) is 14.8. The number of pyridine rings is 1. The van der Waals surface area contributed by atoms with E-state index in [9.17, 15) is 39.6 Å². The van der Waals surface area contributed by atoms with Gasteiger partial charge in [0.15, 0.2) is 0 Å². The van der Waals surface area contributed by atoms with Crippen molar-refractivity contribution in [3.05, 3.63) is 28.7 Å². The van der Waals surface area contributed by atoms with E-state index in [0.29, 0.717) is 19.2 Å². The molecule has 0 aliphatic rings. The van der Waals surface area contributed by atoms with Crippen LogP contribution in [0.5, 0.6) is 5.75 Å². The molecule has 12 heteroatoms. The molecule has 0 amide bonds. The smallest absolute Gasteiger partial charge is 0.376 e. The van der Waals surface area contributed by atoms with Gasteiger partial charge in [-0.05, 0) is 13.0 Å². The van der Waals surface area contributed by atoms with Crippen molar-refractivity contribution in [3.8, 4) is 5.75 Å². The van der Waals surface area contributed by atoms with Gasteiger partial charge in [0.05, 0.1) is 0 Å². The van der Waals surface area contributed by atoms with Crippen molar-refractivity contribution >= 4 is 10.1 Å². The molecule has 0 saturated heterocycles. The van der Waals surface area contributed by atoms with Gasteiger partial charge in [-0.2, -0.15) is 34.8 Å². The minimum absolute atomic E-state index is 0.174. The summed E-state index contributed by atoms with van der Waals surface area (Å²) in [5, 5.41) is 0. The first-order chi connectivity index (χ1) is 9.25. The molecule has 21 heavy (non-hydrogen) atoms. The highest BCUT2D eigenvalue weighted by Gasteiger charge is 2.48. The summed E-state index contributed by atoms with van der Waals surface area (Å²) in [6.45, 7) is 0.647. The van der Waals surface area contributed by atoms with Gasteiger partial charge in [-0.3, -0.25) is 4.79 Å². The minimum atomic E-state index is -6.00. The van der Waals surface area contributed by atoms with E-state index in [2.05, 4.69) is 4.18 Å². The largest absolute Gasteiger partial charge is 0.534 e. The van der Waals surface area contributed by atoms with Crippen LogP contribution in [0.3, 0.4) is 0 Å². The van der Waals surface area contributed by atoms with Crippen LogP contribution >= 0.6 is 0 Å². The molecule has 1 unspecified atom stereocenters. The number of nitrogens with zero attached hydrogens (tertiary/aromatic N) is 1. The van der Waals surface area contributed by atoms with E-state index in [-0.39, 0.29) is 10.6 Å². The molecule has 5 nitrogen and oxygen atoms in total. The average molecular weight is 339 g/mol. The Hall–Kier alpha value is -1.72. The summed E-state index contributed by atoms with van der Waals surface area (Å²) in [7, 11) is -6.00. The van der Waals surface area contributed by atoms with E-state index < -0.39 is 39.2 Å². The molecule has 0 aliphatic carbocycles. The Bertz CT molecular complexity index is 675. The lowest BCUT2D eigenvalue weighted by Gasteiger charge is -2.18. The molecule has 1 aromatic rings. The zero-order valence-electron chi connectivity index (χ0n) is 10.1. The first kappa shape index (κ1) is 17.3. The zero-order valence-corrected chi connectivity index (χ0v) is 10.9. The van der Waals surface area contributed by atoms with Crippen molar-refractivity contribution in [2.75, 3.05) is 0 Å². The van der Waals surface area contributed by atoms with E-state index in [0.717, 1.165) is 0 Å². The van der Waals surface area contributed by atoms with Gasteiger partial charge in [-0.25, -0.2) is 0 Å². The third-order valence-corrected chi connectivity index (χ3v) is 3.28. The molecule has 0 fully saturated rings. The maximum absolute atomic E-state index is 12.4. The Labute approximate surface area is 113 Å². The second kappa shape index (κ2) is 5.24. The number of hydrogen-bond acceptors (Lipinski definition) is 4. The lowest BCUT2D eigenvalue weighted by atomic mass is 10.3. The van der Waals surface area contributed by atoms with Crippen molar-refractivity contribution in [2.45, 2.75) is 24.7 Å². The predicted molar refractivity (Wildman–Crippen MR) is 57.1 cm³/mol. The van der Waals surface area contributed by atoms with Crippen LogP contribution in [0.2, 0.25) is 0 Å². The van der Waals surface area contributed by atoms with Crippen molar-refractivity contribution in [1.82, 2.24) is 4.57 Å². The summed E-state index contributed by atoms with van der Waals surface area (Å²) in [6, 6.07) is -1.52. The molecule has 0 N–H and O–H groups in total. The van der Waals surface area contributed by atoms with Crippen LogP contribution < -0.4 is 9.74 Å². The van der Waals surface area contributed by atoms with Gasteiger partial charge in [0.25, 0.3) is 5.56 Å². The minimum Gasteiger partial charge on any atom is -0.376 e. The molecule has 0 aromatic carbocycles. The van der Waals surface area contributed by atoms with E-state index in [1.54, 1.807) is 0 Å². The first-order valence-corrected chi connectivity index (χ1v) is 6.46. The van der Waals surface area contributed by atoms with Gasteiger partial charge in [0, 0.05) is 12.3 Å². The predicted octanol–water partition coefficient (Wildman–Crippen LogP) is 2.20. The molecule has 1 heterocycles. The van der Waals surface area contributed by atoms with Crippen molar-refractivity contribution in [1.29, 1.82) is 0 Å². The van der Waals surface area contributed by atoms with Crippen LogP contribution in [0.15, 0.2) is 23.1 Å². The van der Waals surface area contributed by atoms with E-state index in [4.69, 9.17) is 0 Å². The maximum atomic E-state index is 12.4. The summed E-state index contributed by atoms with van der Waals surface area (Å²) in [5.41, 5.74) is -7.09. The fourth-order valence-corrected chi connectivity index (χ4v) is 1.63. The van der Waals surface area contributed by atoms with Crippen LogP contribution in [-0.2, 0) is 10.1 Å². The number of rotatable bonds is 3. The second-order valence-corrected chi connectivity index (χ2v) is 5.35. The van der Waals surface area contributed by atoms with Crippen molar-refractivity contribution < 1.29 is 38.9 Å². The van der Waals surface area contributed by atoms with E-state index >= 15 is 0 Å². The van der Waals surface area contributed by atoms with Gasteiger partial charge in [0.1, 0.15) is 11.8 Å². The summed E-state index contributed by atoms with van der Waals surface area (Å²) in [4.78, 5) is 11.4. The van der Waals surface area contributed by atoms with Crippen LogP contribution in [0.1, 0.15) is 13.0 Å². The number of hydrogen-bond donors (Lipinski definition) is 0. The molecule has 0 bridgehead atoms. The second-order valence-electron chi connectivity index (χ2n) is 3.81. The van der Waals surface area contributed by atoms with E-state index in [1.165, 1.54) is 0 Å². The van der Waals surface area contributed by atoms with Crippen molar-refractivity contribution in [2.24, 2.45) is 0 Å². The molecule has 0 aliphatic heterocycles. The molecule has 1 rings (SSSR count). The Balaban J connectivity index is 3.14. The van der Waals surface area contributed by atoms with Gasteiger partial charge >= 0.3 is 21.8 Å². The van der Waals surface area contributed by atoms with Crippen LogP contribution in [-0.4, -0.2) is 24.7 Å². The van der Waals surface area contributed by atoms with Crippen LogP contribution in [0, 0.1) is 0 Å². The third-order valence-electron chi connectivity index (χ3n) is 2.30. The van der Waals surface area contributed by atoms with Gasteiger partial charge < -0.3 is 8.75 Å². The fourth-order valence-electron chi connectivity index (χ4n) is 1.17. The topological polar surface area (TPSA) is 65.4 Å². The van der Waals surface area contributed by atoms with E-state index in [1.807, 2.05) is 0 Å². The molecule has 0 saturated carbocycles. The average Bonchev–Trinajstić information content (AvgIpc) is 2.24. The Kier molecular flexibility index (Phi) is 4.32. The molecule has 120 valence electrons.